The van der Waals surface area contributed by atoms with Gasteiger partial charge in [-0.2, -0.15) is 0 Å². The van der Waals surface area contributed by atoms with Gasteiger partial charge < -0.3 is 10.3 Å². The average molecular weight is 179 g/mol. The van der Waals surface area contributed by atoms with Crippen molar-refractivity contribution in [1.82, 2.24) is 20.2 Å². The molecule has 0 atom stereocenters. The molecule has 0 spiro atoms. The standard InChI is InChI=1S/C7H9N5O/c8-3-6-4-12(11-10-6)5-7-1-2-9-13-7/h1-2,4H,3,5,8H2. The molecule has 0 aliphatic heterocycles. The topological polar surface area (TPSA) is 82.8 Å². The summed E-state index contributed by atoms with van der Waals surface area (Å²) in [6.45, 7) is 0.934. The molecule has 6 heteroatoms. The second-order valence-corrected chi connectivity index (χ2v) is 2.59. The molecule has 2 aromatic heterocycles. The summed E-state index contributed by atoms with van der Waals surface area (Å²) in [5.41, 5.74) is 6.15. The normalized spacial score (nSPS) is 10.5. The Bertz CT molecular complexity index is 366. The molecule has 0 aliphatic rings. The first kappa shape index (κ1) is 7.93. The van der Waals surface area contributed by atoms with Gasteiger partial charge in [0.15, 0.2) is 5.76 Å². The molecule has 0 unspecified atom stereocenters. The Kier molecular flexibility index (Phi) is 2.05. The van der Waals surface area contributed by atoms with Crippen LogP contribution in [0.3, 0.4) is 0 Å². The summed E-state index contributed by atoms with van der Waals surface area (Å²) in [5, 5.41) is 11.3. The highest BCUT2D eigenvalue weighted by Gasteiger charge is 2.01. The van der Waals surface area contributed by atoms with Crippen LogP contribution >= 0.6 is 0 Å². The minimum atomic E-state index is 0.399. The van der Waals surface area contributed by atoms with E-state index in [4.69, 9.17) is 10.3 Å². The lowest BCUT2D eigenvalue weighted by Crippen LogP contribution is -1.99. The predicted molar refractivity (Wildman–Crippen MR) is 43.5 cm³/mol. The van der Waals surface area contributed by atoms with Crippen molar-refractivity contribution in [1.29, 1.82) is 0 Å². The van der Waals surface area contributed by atoms with Crippen LogP contribution in [0.4, 0.5) is 0 Å². The van der Waals surface area contributed by atoms with Crippen LogP contribution in [0.2, 0.25) is 0 Å². The van der Waals surface area contributed by atoms with Gasteiger partial charge in [0.1, 0.15) is 6.54 Å². The molecule has 6 nitrogen and oxygen atoms in total. The maximum atomic E-state index is 5.38. The van der Waals surface area contributed by atoms with Gasteiger partial charge in [-0.05, 0) is 0 Å². The summed E-state index contributed by atoms with van der Waals surface area (Å²) in [5.74, 6) is 0.744. The van der Waals surface area contributed by atoms with Crippen molar-refractivity contribution in [2.75, 3.05) is 0 Å². The van der Waals surface area contributed by atoms with Crippen molar-refractivity contribution in [3.8, 4) is 0 Å². The number of nitrogens with two attached hydrogens (primary N) is 1. The van der Waals surface area contributed by atoms with E-state index >= 15 is 0 Å². The number of nitrogens with zero attached hydrogens (tertiary/aromatic N) is 4. The zero-order chi connectivity index (χ0) is 9.10. The molecule has 2 heterocycles. The van der Waals surface area contributed by atoms with E-state index in [0.717, 1.165) is 11.5 Å². The molecule has 13 heavy (non-hydrogen) atoms. The average Bonchev–Trinajstić information content (AvgIpc) is 2.76. The quantitative estimate of drug-likeness (QED) is 0.703. The van der Waals surface area contributed by atoms with E-state index in [1.165, 1.54) is 0 Å². The molecular weight excluding hydrogens is 170 g/mol. The van der Waals surface area contributed by atoms with Gasteiger partial charge in [-0.15, -0.1) is 5.10 Å². The molecule has 0 aromatic carbocycles. The van der Waals surface area contributed by atoms with E-state index in [2.05, 4.69) is 15.5 Å². The maximum Gasteiger partial charge on any atom is 0.158 e. The Morgan fingerprint density at radius 1 is 1.54 bits per heavy atom. The lowest BCUT2D eigenvalue weighted by Gasteiger charge is -1.92. The number of rotatable bonds is 3. The van der Waals surface area contributed by atoms with E-state index < -0.39 is 0 Å². The Morgan fingerprint density at radius 2 is 2.46 bits per heavy atom. The Labute approximate surface area is 74.3 Å². The van der Waals surface area contributed by atoms with Crippen molar-refractivity contribution in [3.63, 3.8) is 0 Å². The molecule has 2 rings (SSSR count). The van der Waals surface area contributed by atoms with Gasteiger partial charge in [0.05, 0.1) is 18.1 Å². The molecule has 0 saturated carbocycles. The van der Waals surface area contributed by atoms with Crippen molar-refractivity contribution in [2.24, 2.45) is 5.73 Å². The highest BCUT2D eigenvalue weighted by molar-refractivity contribution is 4.96. The van der Waals surface area contributed by atoms with E-state index in [0.29, 0.717) is 13.1 Å². The molecule has 0 radical (unpaired) electrons. The fraction of sp³-hybridized carbons (Fsp3) is 0.286. The zero-order valence-corrected chi connectivity index (χ0v) is 6.92. The van der Waals surface area contributed by atoms with Gasteiger partial charge in [0.25, 0.3) is 0 Å². The third-order valence-electron chi connectivity index (χ3n) is 1.60. The van der Waals surface area contributed by atoms with Crippen LogP contribution in [0.25, 0.3) is 0 Å². The molecule has 0 amide bonds. The summed E-state index contributed by atoms with van der Waals surface area (Å²) in [7, 11) is 0. The van der Waals surface area contributed by atoms with Crippen molar-refractivity contribution >= 4 is 0 Å². The van der Waals surface area contributed by atoms with Gasteiger partial charge >= 0.3 is 0 Å². The fourth-order valence-electron chi connectivity index (χ4n) is 0.993. The Morgan fingerprint density at radius 3 is 3.08 bits per heavy atom. The number of aromatic nitrogens is 4. The SMILES string of the molecule is NCc1cn(Cc2ccno2)nn1. The van der Waals surface area contributed by atoms with Gasteiger partial charge in [-0.1, -0.05) is 10.4 Å². The summed E-state index contributed by atoms with van der Waals surface area (Å²) in [6, 6.07) is 1.78. The van der Waals surface area contributed by atoms with Gasteiger partial charge in [-0.3, -0.25) is 0 Å². The van der Waals surface area contributed by atoms with Gasteiger partial charge in [-0.25, -0.2) is 4.68 Å². The lowest BCUT2D eigenvalue weighted by molar-refractivity contribution is 0.370. The molecular formula is C7H9N5O. The minimum Gasteiger partial charge on any atom is -0.359 e. The van der Waals surface area contributed by atoms with E-state index in [-0.39, 0.29) is 0 Å². The van der Waals surface area contributed by atoms with E-state index in [1.54, 1.807) is 23.1 Å². The van der Waals surface area contributed by atoms with Crippen LogP contribution in [-0.2, 0) is 13.1 Å². The maximum absolute atomic E-state index is 5.38. The van der Waals surface area contributed by atoms with Crippen LogP contribution in [0.15, 0.2) is 23.0 Å². The molecule has 2 N–H and O–H groups in total. The summed E-state index contributed by atoms with van der Waals surface area (Å²) >= 11 is 0. The van der Waals surface area contributed by atoms with Crippen molar-refractivity contribution < 1.29 is 4.52 Å². The molecule has 0 bridgehead atoms. The third-order valence-corrected chi connectivity index (χ3v) is 1.60. The summed E-state index contributed by atoms with van der Waals surface area (Å²) < 4.78 is 6.57. The first-order valence-electron chi connectivity index (χ1n) is 3.87. The second kappa shape index (κ2) is 3.36. The molecule has 68 valence electrons. The van der Waals surface area contributed by atoms with Crippen LogP contribution in [0.1, 0.15) is 11.5 Å². The van der Waals surface area contributed by atoms with E-state index in [9.17, 15) is 0 Å². The highest BCUT2D eigenvalue weighted by atomic mass is 16.5. The van der Waals surface area contributed by atoms with Gasteiger partial charge in [0, 0.05) is 12.6 Å². The Balaban J connectivity index is 2.10. The fourth-order valence-corrected chi connectivity index (χ4v) is 0.993. The van der Waals surface area contributed by atoms with Crippen LogP contribution in [0, 0.1) is 0 Å². The monoisotopic (exact) mass is 179 g/mol. The first-order valence-corrected chi connectivity index (χ1v) is 3.87. The van der Waals surface area contributed by atoms with Gasteiger partial charge in [0.2, 0.25) is 0 Å². The molecule has 2 aromatic rings. The molecule has 0 fully saturated rings. The van der Waals surface area contributed by atoms with Crippen molar-refractivity contribution in [3.05, 3.63) is 29.9 Å². The van der Waals surface area contributed by atoms with Crippen LogP contribution < -0.4 is 5.73 Å². The smallest absolute Gasteiger partial charge is 0.158 e. The Hall–Kier alpha value is -1.69. The second-order valence-electron chi connectivity index (χ2n) is 2.59. The molecule has 0 aliphatic carbocycles. The zero-order valence-electron chi connectivity index (χ0n) is 6.92. The predicted octanol–water partition coefficient (Wildman–Crippen LogP) is -0.227. The highest BCUT2D eigenvalue weighted by Crippen LogP contribution is 2.00. The largest absolute Gasteiger partial charge is 0.359 e. The van der Waals surface area contributed by atoms with Crippen molar-refractivity contribution in [2.45, 2.75) is 13.1 Å². The lowest BCUT2D eigenvalue weighted by atomic mass is 10.4. The van der Waals surface area contributed by atoms with E-state index in [1.807, 2.05) is 0 Å². The summed E-state index contributed by atoms with van der Waals surface area (Å²) in [6.07, 6.45) is 3.37. The third kappa shape index (κ3) is 1.73. The van der Waals surface area contributed by atoms with Crippen LogP contribution in [0.5, 0.6) is 0 Å². The number of hydrogen-bond donors (Lipinski definition) is 1. The van der Waals surface area contributed by atoms with Crippen LogP contribution in [-0.4, -0.2) is 20.2 Å². The minimum absolute atomic E-state index is 0.399. The molecule has 0 saturated heterocycles. The summed E-state index contributed by atoms with van der Waals surface area (Å²) in [4.78, 5) is 0. The number of hydrogen-bond acceptors (Lipinski definition) is 5. The first-order chi connectivity index (χ1) is 6.38.